The van der Waals surface area contributed by atoms with Crippen LogP contribution in [-0.2, 0) is 6.42 Å². The molecule has 0 amide bonds. The Labute approximate surface area is 169 Å². The van der Waals surface area contributed by atoms with Crippen LogP contribution in [0.1, 0.15) is 5.56 Å². The lowest BCUT2D eigenvalue weighted by molar-refractivity contribution is 0.137. The lowest BCUT2D eigenvalue weighted by atomic mass is 10.1. The van der Waals surface area contributed by atoms with Crippen LogP contribution in [0.15, 0.2) is 59.2 Å². The van der Waals surface area contributed by atoms with Crippen LogP contribution >= 0.6 is 15.9 Å². The summed E-state index contributed by atoms with van der Waals surface area (Å²) in [5.41, 5.74) is 3.87. The van der Waals surface area contributed by atoms with Crippen molar-refractivity contribution in [2.75, 3.05) is 51.1 Å². The molecule has 27 heavy (non-hydrogen) atoms. The Morgan fingerprint density at radius 1 is 0.889 bits per heavy atom. The quantitative estimate of drug-likeness (QED) is 0.593. The number of nitrogens with zero attached hydrogens (tertiary/aromatic N) is 2. The average molecular weight is 427 g/mol. The van der Waals surface area contributed by atoms with Crippen LogP contribution in [0.25, 0.3) is 10.9 Å². The third-order valence-corrected chi connectivity index (χ3v) is 5.97. The lowest BCUT2D eigenvalue weighted by Gasteiger charge is -2.34. The van der Waals surface area contributed by atoms with E-state index in [4.69, 9.17) is 0 Å². The smallest absolute Gasteiger partial charge is 0.0456 e. The number of hydrogen-bond donors (Lipinski definition) is 2. The fourth-order valence-corrected chi connectivity index (χ4v) is 4.04. The largest absolute Gasteiger partial charge is 0.384 e. The Morgan fingerprint density at radius 3 is 2.37 bits per heavy atom. The molecule has 0 radical (unpaired) electrons. The van der Waals surface area contributed by atoms with Crippen LogP contribution in [-0.4, -0.2) is 60.6 Å². The van der Waals surface area contributed by atoms with Gasteiger partial charge in [-0.25, -0.2) is 0 Å². The number of aromatic amines is 1. The summed E-state index contributed by atoms with van der Waals surface area (Å²) in [6.07, 6.45) is 3.30. The fourth-order valence-electron chi connectivity index (χ4n) is 3.78. The van der Waals surface area contributed by atoms with Crippen molar-refractivity contribution in [2.45, 2.75) is 6.42 Å². The minimum absolute atomic E-state index is 0.997. The van der Waals surface area contributed by atoms with Crippen molar-refractivity contribution in [1.29, 1.82) is 0 Å². The van der Waals surface area contributed by atoms with Crippen molar-refractivity contribution >= 4 is 32.5 Å². The van der Waals surface area contributed by atoms with Gasteiger partial charge in [0.15, 0.2) is 0 Å². The van der Waals surface area contributed by atoms with Gasteiger partial charge in [-0.05, 0) is 42.3 Å². The van der Waals surface area contributed by atoms with E-state index in [0.717, 1.165) is 43.6 Å². The standard InChI is InChI=1S/C22H27BrN4/c23-19-5-7-20(8-6-19)24-10-12-27-15-13-26(14-16-27)11-9-18-17-25-22-4-2-1-3-21(18)22/h1-8,17,24-25H,9-16H2. The minimum Gasteiger partial charge on any atom is -0.384 e. The van der Waals surface area contributed by atoms with Gasteiger partial charge in [-0.3, -0.25) is 4.90 Å². The second kappa shape index (κ2) is 8.91. The molecule has 1 aromatic heterocycles. The first kappa shape index (κ1) is 18.5. The molecule has 0 spiro atoms. The first-order valence-electron chi connectivity index (χ1n) is 9.77. The van der Waals surface area contributed by atoms with Crippen LogP contribution in [0.5, 0.6) is 0 Å². The second-order valence-electron chi connectivity index (χ2n) is 7.23. The molecule has 2 heterocycles. The second-order valence-corrected chi connectivity index (χ2v) is 8.14. The Morgan fingerprint density at radius 2 is 1.59 bits per heavy atom. The fraction of sp³-hybridized carbons (Fsp3) is 0.364. The molecule has 0 saturated carbocycles. The van der Waals surface area contributed by atoms with Crippen molar-refractivity contribution < 1.29 is 0 Å². The summed E-state index contributed by atoms with van der Waals surface area (Å²) < 4.78 is 1.12. The van der Waals surface area contributed by atoms with Gasteiger partial charge >= 0.3 is 0 Å². The maximum absolute atomic E-state index is 3.51. The Kier molecular flexibility index (Phi) is 6.12. The summed E-state index contributed by atoms with van der Waals surface area (Å²) in [6.45, 7) is 7.91. The average Bonchev–Trinajstić information content (AvgIpc) is 3.12. The predicted octanol–water partition coefficient (Wildman–Crippen LogP) is 4.20. The van der Waals surface area contributed by atoms with Gasteiger partial charge in [0.2, 0.25) is 0 Å². The molecule has 2 N–H and O–H groups in total. The van der Waals surface area contributed by atoms with Gasteiger partial charge in [0.25, 0.3) is 0 Å². The topological polar surface area (TPSA) is 34.3 Å². The number of para-hydroxylation sites is 1. The molecule has 142 valence electrons. The van der Waals surface area contributed by atoms with Crippen molar-refractivity contribution in [3.8, 4) is 0 Å². The van der Waals surface area contributed by atoms with Crippen molar-refractivity contribution in [1.82, 2.24) is 14.8 Å². The van der Waals surface area contributed by atoms with Gasteiger partial charge in [-0.15, -0.1) is 0 Å². The third kappa shape index (κ3) is 4.92. The third-order valence-electron chi connectivity index (χ3n) is 5.44. The SMILES string of the molecule is Brc1ccc(NCCN2CCN(CCc3c[nH]c4ccccc34)CC2)cc1. The molecular weight excluding hydrogens is 400 g/mol. The molecule has 0 atom stereocenters. The Bertz CT molecular complexity index is 850. The van der Waals surface area contributed by atoms with E-state index in [2.05, 4.69) is 90.8 Å². The van der Waals surface area contributed by atoms with Crippen LogP contribution in [0.2, 0.25) is 0 Å². The van der Waals surface area contributed by atoms with E-state index in [-0.39, 0.29) is 0 Å². The number of rotatable bonds is 7. The van der Waals surface area contributed by atoms with E-state index in [1.807, 2.05) is 0 Å². The zero-order valence-electron chi connectivity index (χ0n) is 15.6. The molecule has 0 bridgehead atoms. The molecule has 1 fully saturated rings. The highest BCUT2D eigenvalue weighted by Gasteiger charge is 2.16. The first-order valence-corrected chi connectivity index (χ1v) is 10.6. The molecular formula is C22H27BrN4. The molecule has 3 aromatic rings. The number of piperazine rings is 1. The summed E-state index contributed by atoms with van der Waals surface area (Å²) in [5, 5.41) is 4.88. The number of fused-ring (bicyclic) bond motifs is 1. The number of H-pyrrole nitrogens is 1. The van der Waals surface area contributed by atoms with Gasteiger partial charge < -0.3 is 15.2 Å². The summed E-state index contributed by atoms with van der Waals surface area (Å²) in [4.78, 5) is 8.55. The molecule has 2 aromatic carbocycles. The van der Waals surface area contributed by atoms with Gasteiger partial charge in [-0.2, -0.15) is 0 Å². The van der Waals surface area contributed by atoms with E-state index < -0.39 is 0 Å². The molecule has 0 aliphatic carbocycles. The molecule has 4 rings (SSSR count). The highest BCUT2D eigenvalue weighted by molar-refractivity contribution is 9.10. The lowest BCUT2D eigenvalue weighted by Crippen LogP contribution is -2.48. The Balaban J connectivity index is 1.17. The van der Waals surface area contributed by atoms with Gasteiger partial charge in [0.05, 0.1) is 0 Å². The molecule has 1 saturated heterocycles. The number of benzene rings is 2. The van der Waals surface area contributed by atoms with Gasteiger partial charge in [0, 0.05) is 73.1 Å². The highest BCUT2D eigenvalue weighted by atomic mass is 79.9. The summed E-state index contributed by atoms with van der Waals surface area (Å²) in [5.74, 6) is 0. The number of hydrogen-bond acceptors (Lipinski definition) is 3. The molecule has 1 aliphatic heterocycles. The molecule has 0 unspecified atom stereocenters. The van der Waals surface area contributed by atoms with Crippen LogP contribution in [0.4, 0.5) is 5.69 Å². The first-order chi connectivity index (χ1) is 13.3. The number of aromatic nitrogens is 1. The van der Waals surface area contributed by atoms with E-state index in [0.29, 0.717) is 0 Å². The van der Waals surface area contributed by atoms with Gasteiger partial charge in [-0.1, -0.05) is 34.1 Å². The summed E-state index contributed by atoms with van der Waals surface area (Å²) >= 11 is 3.48. The monoisotopic (exact) mass is 426 g/mol. The summed E-state index contributed by atoms with van der Waals surface area (Å²) in [6, 6.07) is 17.0. The normalized spacial score (nSPS) is 16.0. The van der Waals surface area contributed by atoms with Crippen LogP contribution in [0.3, 0.4) is 0 Å². The van der Waals surface area contributed by atoms with Crippen molar-refractivity contribution in [2.24, 2.45) is 0 Å². The van der Waals surface area contributed by atoms with E-state index in [9.17, 15) is 0 Å². The van der Waals surface area contributed by atoms with E-state index in [1.165, 1.54) is 35.2 Å². The van der Waals surface area contributed by atoms with Gasteiger partial charge in [0.1, 0.15) is 0 Å². The van der Waals surface area contributed by atoms with Crippen LogP contribution in [0, 0.1) is 0 Å². The van der Waals surface area contributed by atoms with Crippen molar-refractivity contribution in [3.63, 3.8) is 0 Å². The summed E-state index contributed by atoms with van der Waals surface area (Å²) in [7, 11) is 0. The maximum Gasteiger partial charge on any atom is 0.0456 e. The maximum atomic E-state index is 3.51. The number of nitrogens with one attached hydrogen (secondary N) is 2. The number of anilines is 1. The van der Waals surface area contributed by atoms with E-state index >= 15 is 0 Å². The van der Waals surface area contributed by atoms with E-state index in [1.54, 1.807) is 0 Å². The predicted molar refractivity (Wildman–Crippen MR) is 118 cm³/mol. The Hall–Kier alpha value is -1.82. The molecule has 1 aliphatic rings. The molecule has 4 nitrogen and oxygen atoms in total. The zero-order valence-corrected chi connectivity index (χ0v) is 17.2. The highest BCUT2D eigenvalue weighted by Crippen LogP contribution is 2.18. The molecule has 5 heteroatoms. The van der Waals surface area contributed by atoms with Crippen molar-refractivity contribution in [3.05, 3.63) is 64.8 Å². The van der Waals surface area contributed by atoms with Crippen LogP contribution < -0.4 is 5.32 Å². The zero-order chi connectivity index (χ0) is 18.5. The number of halogens is 1. The minimum atomic E-state index is 0.997.